The molecular weight excluding hydrogens is 194 g/mol. The molecule has 1 rings (SSSR count). The van der Waals surface area contributed by atoms with E-state index < -0.39 is 0 Å². The number of halogens is 1. The van der Waals surface area contributed by atoms with Crippen LogP contribution in [0.15, 0.2) is 17.3 Å². The van der Waals surface area contributed by atoms with E-state index in [9.17, 15) is 0 Å². The topological polar surface area (TPSA) is 41.6 Å². The summed E-state index contributed by atoms with van der Waals surface area (Å²) < 4.78 is 0. The Morgan fingerprint density at radius 3 is 3.00 bits per heavy atom. The molecule has 12 heavy (non-hydrogen) atoms. The zero-order valence-electron chi connectivity index (χ0n) is 6.75. The van der Waals surface area contributed by atoms with Gasteiger partial charge in [-0.3, -0.25) is 5.10 Å². The zero-order valence-corrected chi connectivity index (χ0v) is 8.32. The maximum atomic E-state index is 5.45. The maximum Gasteiger partial charge on any atom is 0.208 e. The van der Waals surface area contributed by atoms with Crippen LogP contribution in [0.2, 0.25) is 0 Å². The molecule has 0 aromatic carbocycles. The van der Waals surface area contributed by atoms with Gasteiger partial charge in [-0.2, -0.15) is 0 Å². The molecule has 1 aromatic rings. The highest BCUT2D eigenvalue weighted by atomic mass is 35.5. The van der Waals surface area contributed by atoms with Crippen LogP contribution in [-0.2, 0) is 0 Å². The predicted octanol–water partition coefficient (Wildman–Crippen LogP) is 2.00. The number of aromatic amines is 1. The lowest BCUT2D eigenvalue weighted by Crippen LogP contribution is -1.77. The van der Waals surface area contributed by atoms with Crippen LogP contribution >= 0.6 is 23.4 Å². The molecule has 0 aliphatic heterocycles. The number of hydrogen-bond donors (Lipinski definition) is 1. The molecule has 0 aliphatic carbocycles. The number of rotatable bonds is 4. The molecule has 5 heteroatoms. The Kier molecular flexibility index (Phi) is 4.18. The molecule has 0 saturated heterocycles. The van der Waals surface area contributed by atoms with E-state index in [4.69, 9.17) is 11.6 Å². The molecule has 66 valence electrons. The lowest BCUT2D eigenvalue weighted by Gasteiger charge is -1.86. The van der Waals surface area contributed by atoms with Crippen LogP contribution in [0.1, 0.15) is 5.82 Å². The van der Waals surface area contributed by atoms with Gasteiger partial charge in [-0.05, 0) is 6.92 Å². The minimum atomic E-state index is 0.563. The second kappa shape index (κ2) is 5.22. The van der Waals surface area contributed by atoms with Gasteiger partial charge in [0.05, 0.1) is 0 Å². The minimum absolute atomic E-state index is 0.563. The Hall–Kier alpha value is -0.480. The quantitative estimate of drug-likeness (QED) is 0.463. The highest BCUT2D eigenvalue weighted by Gasteiger charge is 1.96. The number of aryl methyl sites for hydroxylation is 1. The van der Waals surface area contributed by atoms with Gasteiger partial charge in [0.2, 0.25) is 5.16 Å². The first kappa shape index (κ1) is 9.61. The lowest BCUT2D eigenvalue weighted by molar-refractivity contribution is 0.971. The molecule has 1 N–H and O–H groups in total. The average molecular weight is 204 g/mol. The summed E-state index contributed by atoms with van der Waals surface area (Å²) >= 11 is 7.04. The number of nitrogens with one attached hydrogen (secondary N) is 1. The van der Waals surface area contributed by atoms with Crippen molar-refractivity contribution in [3.05, 3.63) is 18.0 Å². The van der Waals surface area contributed by atoms with E-state index in [-0.39, 0.29) is 0 Å². The average Bonchev–Trinajstić information content (AvgIpc) is 2.45. The van der Waals surface area contributed by atoms with Gasteiger partial charge in [0.25, 0.3) is 0 Å². The molecule has 1 heterocycles. The van der Waals surface area contributed by atoms with Crippen molar-refractivity contribution in [2.75, 3.05) is 11.6 Å². The van der Waals surface area contributed by atoms with Gasteiger partial charge >= 0.3 is 0 Å². The van der Waals surface area contributed by atoms with Crippen LogP contribution in [0.25, 0.3) is 0 Å². The van der Waals surface area contributed by atoms with Gasteiger partial charge < -0.3 is 0 Å². The lowest BCUT2D eigenvalue weighted by atomic mass is 10.6. The Bertz CT molecular complexity index is 259. The molecule has 0 radical (unpaired) electrons. The molecule has 1 aromatic heterocycles. The van der Waals surface area contributed by atoms with Crippen molar-refractivity contribution in [2.45, 2.75) is 12.1 Å². The fourth-order valence-corrected chi connectivity index (χ4v) is 1.46. The number of alkyl halides is 1. The van der Waals surface area contributed by atoms with Crippen LogP contribution < -0.4 is 0 Å². The van der Waals surface area contributed by atoms with Crippen LogP contribution in [0.4, 0.5) is 0 Å². The summed E-state index contributed by atoms with van der Waals surface area (Å²) in [5.74, 6) is 2.27. The fourth-order valence-electron chi connectivity index (χ4n) is 0.640. The summed E-state index contributed by atoms with van der Waals surface area (Å²) in [6.45, 7) is 1.88. The number of H-pyrrole nitrogens is 1. The number of hydrogen-bond acceptors (Lipinski definition) is 3. The first-order valence-electron chi connectivity index (χ1n) is 3.55. The summed E-state index contributed by atoms with van der Waals surface area (Å²) in [6, 6.07) is 0. The van der Waals surface area contributed by atoms with E-state index in [0.29, 0.717) is 5.88 Å². The Morgan fingerprint density at radius 2 is 2.42 bits per heavy atom. The second-order valence-corrected chi connectivity index (χ2v) is 3.44. The molecule has 3 nitrogen and oxygen atoms in total. The highest BCUT2D eigenvalue weighted by Crippen LogP contribution is 2.11. The standard InChI is InChI=1S/C7H10ClN3S/c1-6-9-7(11-10-6)12-5-3-2-4-8/h2-3H,4-5H2,1H3,(H,9,10,11). The van der Waals surface area contributed by atoms with E-state index >= 15 is 0 Å². The van der Waals surface area contributed by atoms with Crippen molar-refractivity contribution in [1.29, 1.82) is 0 Å². The van der Waals surface area contributed by atoms with Crippen molar-refractivity contribution in [3.63, 3.8) is 0 Å². The van der Waals surface area contributed by atoms with Crippen LogP contribution in [0, 0.1) is 6.92 Å². The zero-order chi connectivity index (χ0) is 8.81. The first-order chi connectivity index (χ1) is 5.83. The van der Waals surface area contributed by atoms with Gasteiger partial charge in [0.1, 0.15) is 5.82 Å². The third kappa shape index (κ3) is 3.28. The van der Waals surface area contributed by atoms with Crippen LogP contribution in [-0.4, -0.2) is 26.8 Å². The molecular formula is C7H10ClN3S. The van der Waals surface area contributed by atoms with Gasteiger partial charge in [-0.25, -0.2) is 4.98 Å². The van der Waals surface area contributed by atoms with Crippen molar-refractivity contribution < 1.29 is 0 Å². The Labute approximate surface area is 80.6 Å². The van der Waals surface area contributed by atoms with Crippen molar-refractivity contribution in [3.8, 4) is 0 Å². The normalized spacial score (nSPS) is 11.2. The molecule has 0 bridgehead atoms. The summed E-state index contributed by atoms with van der Waals surface area (Å²) in [5, 5.41) is 7.53. The smallest absolute Gasteiger partial charge is 0.208 e. The summed E-state index contributed by atoms with van der Waals surface area (Å²) in [7, 11) is 0. The molecule has 0 unspecified atom stereocenters. The Morgan fingerprint density at radius 1 is 1.58 bits per heavy atom. The third-order valence-electron chi connectivity index (χ3n) is 1.14. The molecule has 0 atom stereocenters. The van der Waals surface area contributed by atoms with Gasteiger partial charge in [0, 0.05) is 11.6 Å². The summed E-state index contributed by atoms with van der Waals surface area (Å²) in [4.78, 5) is 4.14. The molecule has 0 spiro atoms. The Balaban J connectivity index is 2.28. The number of nitrogens with zero attached hydrogens (tertiary/aromatic N) is 2. The van der Waals surface area contributed by atoms with E-state index in [1.54, 1.807) is 11.8 Å². The van der Waals surface area contributed by atoms with Gasteiger partial charge in [-0.1, -0.05) is 23.9 Å². The minimum Gasteiger partial charge on any atom is -0.262 e. The van der Waals surface area contributed by atoms with Crippen molar-refractivity contribution in [2.24, 2.45) is 0 Å². The predicted molar refractivity (Wildman–Crippen MR) is 51.7 cm³/mol. The monoisotopic (exact) mass is 203 g/mol. The first-order valence-corrected chi connectivity index (χ1v) is 5.07. The van der Waals surface area contributed by atoms with E-state index in [1.807, 2.05) is 19.1 Å². The third-order valence-corrected chi connectivity index (χ3v) is 2.12. The van der Waals surface area contributed by atoms with E-state index in [2.05, 4.69) is 15.2 Å². The summed E-state index contributed by atoms with van der Waals surface area (Å²) in [6.07, 6.45) is 3.91. The molecule has 0 fully saturated rings. The SMILES string of the molecule is Cc1nc(SCC=CCCl)n[nH]1. The highest BCUT2D eigenvalue weighted by molar-refractivity contribution is 7.99. The van der Waals surface area contributed by atoms with Crippen molar-refractivity contribution in [1.82, 2.24) is 15.2 Å². The van der Waals surface area contributed by atoms with E-state index in [1.165, 1.54) is 0 Å². The van der Waals surface area contributed by atoms with Gasteiger partial charge in [0.15, 0.2) is 0 Å². The van der Waals surface area contributed by atoms with E-state index in [0.717, 1.165) is 16.7 Å². The fraction of sp³-hybridized carbons (Fsp3) is 0.429. The molecule has 0 aliphatic rings. The summed E-state index contributed by atoms with van der Waals surface area (Å²) in [5.41, 5.74) is 0. The molecule has 0 amide bonds. The van der Waals surface area contributed by atoms with Gasteiger partial charge in [-0.15, -0.1) is 16.7 Å². The number of aromatic nitrogens is 3. The number of allylic oxidation sites excluding steroid dienone is 1. The second-order valence-electron chi connectivity index (χ2n) is 2.14. The van der Waals surface area contributed by atoms with Crippen LogP contribution in [0.3, 0.4) is 0 Å². The number of thioether (sulfide) groups is 1. The molecule has 0 saturated carbocycles. The largest absolute Gasteiger partial charge is 0.262 e. The van der Waals surface area contributed by atoms with Crippen LogP contribution in [0.5, 0.6) is 0 Å². The van der Waals surface area contributed by atoms with Crippen molar-refractivity contribution >= 4 is 23.4 Å². The maximum absolute atomic E-state index is 5.45.